The molecule has 14 heteroatoms. The molecule has 0 amide bonds. The van der Waals surface area contributed by atoms with E-state index in [1.54, 1.807) is 18.2 Å². The molecule has 12 aromatic carbocycles. The Bertz CT molecular complexity index is 4810. The number of halogens is 13. The van der Waals surface area contributed by atoms with Crippen LogP contribution >= 0.6 is 73.9 Å². The third-order valence-corrected chi connectivity index (χ3v) is 21.9. The van der Waals surface area contributed by atoms with Gasteiger partial charge in [-0.1, -0.05) is 441 Å². The van der Waals surface area contributed by atoms with Crippen molar-refractivity contribution in [1.82, 2.24) is 0 Å². The first-order valence-electron chi connectivity index (χ1n) is 44.4. The zero-order chi connectivity index (χ0) is 97.8. The van der Waals surface area contributed by atoms with Crippen molar-refractivity contribution in [3.8, 4) is 18.1 Å². The second kappa shape index (κ2) is 63.5. The van der Waals surface area contributed by atoms with Gasteiger partial charge in [-0.05, 0) is 265 Å². The van der Waals surface area contributed by atoms with Crippen molar-refractivity contribution >= 4 is 73.9 Å². The average Bonchev–Trinajstić information content (AvgIpc) is 0.840. The van der Waals surface area contributed by atoms with E-state index in [-0.39, 0.29) is 17.5 Å². The SMILES string of the molecule is C#Cc1ccc(C(C)C)cc1.CC(C)c1ccc(Br)cc1.CC(C)c1ccc(C(F)(F)F)cc1.CC(C)c1ccc(Cl)cc1.CC(C)c1ccc(Cl)cc1Cl.CC(C)c1ccc(F)cc1.CC(C)c1ccc(OC(F)(F)F)cc1.CC(C)c1cccc(Cl)c1.CC(C)c1ccccc1.CC(C)c1ccccc1Cl.CCc1ccc(C(C)C)cc1.Cc1ccccc1C(C)C. The Morgan fingerprint density at radius 1 is 0.310 bits per heavy atom. The predicted octanol–water partition coefficient (Wildman–Crippen LogP) is 40.7. The van der Waals surface area contributed by atoms with E-state index in [1.807, 2.05) is 119 Å². The first kappa shape index (κ1) is 118. The van der Waals surface area contributed by atoms with E-state index in [2.05, 4.69) is 312 Å². The lowest BCUT2D eigenvalue weighted by atomic mass is 9.99. The minimum Gasteiger partial charge on any atom is -0.406 e. The summed E-state index contributed by atoms with van der Waals surface area (Å²) in [5, 5.41) is 3.96. The van der Waals surface area contributed by atoms with Crippen molar-refractivity contribution in [2.45, 2.75) is 270 Å². The van der Waals surface area contributed by atoms with Crippen LogP contribution in [0.1, 0.15) is 333 Å². The summed E-state index contributed by atoms with van der Waals surface area (Å²) in [5.74, 6) is 8.63. The minimum atomic E-state index is -4.61. The topological polar surface area (TPSA) is 9.23 Å². The zero-order valence-electron chi connectivity index (χ0n) is 80.7. The third kappa shape index (κ3) is 52.3. The number of benzene rings is 12. The van der Waals surface area contributed by atoms with Gasteiger partial charge in [-0.2, -0.15) is 13.2 Å². The highest BCUT2D eigenvalue weighted by atomic mass is 79.9. The lowest BCUT2D eigenvalue weighted by molar-refractivity contribution is -0.274. The van der Waals surface area contributed by atoms with Crippen LogP contribution in [0.3, 0.4) is 0 Å². The molecular weight excluding hydrogens is 1790 g/mol. The molecule has 0 atom stereocenters. The summed E-state index contributed by atoms with van der Waals surface area (Å²) in [7, 11) is 0. The van der Waals surface area contributed by atoms with Crippen LogP contribution in [0, 0.1) is 25.1 Å². The molecule has 0 spiro atoms. The maximum absolute atomic E-state index is 12.4. The molecule has 0 aromatic heterocycles. The first-order chi connectivity index (χ1) is 60.4. The largest absolute Gasteiger partial charge is 0.573 e. The Kier molecular flexibility index (Phi) is 58.3. The average molecular weight is 1930 g/mol. The van der Waals surface area contributed by atoms with Gasteiger partial charge in [-0.3, -0.25) is 0 Å². The highest BCUT2D eigenvalue weighted by molar-refractivity contribution is 9.10. The van der Waals surface area contributed by atoms with Crippen molar-refractivity contribution in [3.05, 3.63) is 416 Å². The molecule has 0 aliphatic heterocycles. The van der Waals surface area contributed by atoms with Gasteiger partial charge in [0.1, 0.15) is 11.6 Å². The molecule has 12 rings (SSSR count). The molecule has 0 N–H and O–H groups in total. The molecule has 129 heavy (non-hydrogen) atoms. The molecule has 0 fully saturated rings. The van der Waals surface area contributed by atoms with Gasteiger partial charge in [0, 0.05) is 35.1 Å². The van der Waals surface area contributed by atoms with Crippen LogP contribution in [-0.4, -0.2) is 6.36 Å². The standard InChI is InChI=1S/C11H16.C11H12.C10H11F3O.C10H11F3.C10H14.C9H11Br.C9H10Cl2.3C9H11Cl.C9H11F.C9H12/c2*1-4-10-5-7-11(8-6-10)9(2)3;1-7(2)8-3-5-9(6-4-8)14-10(11,12)13;1-7(2)8-3-5-9(6-4-8)10(11,12)13;1-8(2)10-7-5-4-6-9(10)3;1-7(2)8-3-5-9(10)6-4-8;1-6(2)8-4-3-7(10)5-9(8)11;1-7(2)8-3-5-9(10)6-4-8;1-7(2)8-4-3-5-9(10)6-8;1-7(2)8-5-3-4-6-9(8)10;1-7(2)8-3-5-9(10)6-4-8;1-8(2)9-6-4-3-5-7-9/h5-9H,4H2,1-3H3;1,5-9H,2-3H3;3-7H,1-2H3;3-7H,1-2H3;4-8H,1-3H3;3-7H,1-2H3;3-6H,1-2H3;4*3-7H,1-2H3;3-8H,1-2H3. The van der Waals surface area contributed by atoms with E-state index >= 15 is 0 Å². The third-order valence-electron chi connectivity index (χ3n) is 20.0. The highest BCUT2D eigenvalue weighted by Gasteiger charge is 2.31. The molecule has 0 saturated carbocycles. The number of alkyl halides is 6. The molecule has 12 aromatic rings. The summed E-state index contributed by atoms with van der Waals surface area (Å²) in [4.78, 5) is 0. The van der Waals surface area contributed by atoms with Crippen LogP contribution in [0.2, 0.25) is 25.1 Å². The normalized spacial score (nSPS) is 10.7. The van der Waals surface area contributed by atoms with E-state index < -0.39 is 18.1 Å². The van der Waals surface area contributed by atoms with Gasteiger partial charge in [-0.25, -0.2) is 4.39 Å². The van der Waals surface area contributed by atoms with Crippen molar-refractivity contribution < 1.29 is 35.5 Å². The Morgan fingerprint density at radius 2 is 0.628 bits per heavy atom. The van der Waals surface area contributed by atoms with Gasteiger partial charge >= 0.3 is 12.5 Å². The van der Waals surface area contributed by atoms with Crippen LogP contribution in [0.15, 0.2) is 296 Å². The lowest BCUT2D eigenvalue weighted by Crippen LogP contribution is -2.17. The molecule has 0 unspecified atom stereocenters. The minimum absolute atomic E-state index is 0.163. The van der Waals surface area contributed by atoms with E-state index in [0.29, 0.717) is 70.1 Å². The Morgan fingerprint density at radius 3 is 0.953 bits per heavy atom. The van der Waals surface area contributed by atoms with Crippen LogP contribution in [-0.2, 0) is 12.6 Å². The number of hydrogen-bond donors (Lipinski definition) is 0. The van der Waals surface area contributed by atoms with Crippen LogP contribution in [0.25, 0.3) is 0 Å². The Hall–Kier alpha value is -8.56. The van der Waals surface area contributed by atoms with Crippen molar-refractivity contribution in [2.24, 2.45) is 0 Å². The van der Waals surface area contributed by atoms with Crippen LogP contribution in [0.5, 0.6) is 5.75 Å². The maximum Gasteiger partial charge on any atom is 0.573 e. The van der Waals surface area contributed by atoms with Crippen molar-refractivity contribution in [3.63, 3.8) is 0 Å². The van der Waals surface area contributed by atoms with Crippen LogP contribution < -0.4 is 4.74 Å². The number of rotatable bonds is 14. The second-order valence-corrected chi connectivity index (χ2v) is 37.7. The van der Waals surface area contributed by atoms with Gasteiger partial charge in [0.05, 0.1) is 5.56 Å². The fourth-order valence-corrected chi connectivity index (χ4v) is 13.2. The molecule has 0 aliphatic rings. The zero-order valence-corrected chi connectivity index (χ0v) is 86.1. The van der Waals surface area contributed by atoms with E-state index in [9.17, 15) is 30.7 Å². The fraction of sp³-hybridized carbons (Fsp3) is 0.357. The molecule has 0 heterocycles. The predicted molar refractivity (Wildman–Crippen MR) is 553 cm³/mol. The summed E-state index contributed by atoms with van der Waals surface area (Å²) in [6, 6.07) is 91.9. The molecule has 0 radical (unpaired) electrons. The number of terminal acetylenes is 1. The van der Waals surface area contributed by atoms with Gasteiger partial charge < -0.3 is 4.74 Å². The van der Waals surface area contributed by atoms with Gasteiger partial charge in [-0.15, -0.1) is 19.6 Å². The van der Waals surface area contributed by atoms with Crippen LogP contribution in [0.4, 0.5) is 30.7 Å². The monoisotopic (exact) mass is 1920 g/mol. The van der Waals surface area contributed by atoms with Crippen molar-refractivity contribution in [2.75, 3.05) is 0 Å². The summed E-state index contributed by atoms with van der Waals surface area (Å²) in [6.07, 6.45) is -2.48. The first-order valence-corrected chi connectivity index (χ1v) is 47.1. The van der Waals surface area contributed by atoms with E-state index in [0.717, 1.165) is 65.4 Å². The summed E-state index contributed by atoms with van der Waals surface area (Å²) in [6.45, 7) is 55.6. The quantitative estimate of drug-likeness (QED) is 0.0779. The summed E-state index contributed by atoms with van der Waals surface area (Å²) < 4.78 is 88.9. The number of hydrogen-bond acceptors (Lipinski definition) is 1. The molecule has 698 valence electrons. The summed E-state index contributed by atoms with van der Waals surface area (Å²) in [5.41, 5.74) is 18.3. The highest BCUT2D eigenvalue weighted by Crippen LogP contribution is 2.32. The van der Waals surface area contributed by atoms with Gasteiger partial charge in [0.25, 0.3) is 0 Å². The Labute approximate surface area is 806 Å². The van der Waals surface area contributed by atoms with E-state index in [1.165, 1.54) is 97.6 Å². The second-order valence-electron chi connectivity index (χ2n) is 34.6. The molecule has 0 aliphatic carbocycles. The molecular formula is C115H141BrCl5F7O. The molecule has 0 bridgehead atoms. The lowest BCUT2D eigenvalue weighted by Gasteiger charge is -2.10. The van der Waals surface area contributed by atoms with Gasteiger partial charge in [0.2, 0.25) is 0 Å². The van der Waals surface area contributed by atoms with Crippen molar-refractivity contribution in [1.29, 1.82) is 0 Å². The molecule has 0 saturated heterocycles. The summed E-state index contributed by atoms with van der Waals surface area (Å²) >= 11 is 32.5. The smallest absolute Gasteiger partial charge is 0.406 e. The molecule has 1 nitrogen and oxygen atoms in total. The van der Waals surface area contributed by atoms with E-state index in [4.69, 9.17) is 64.4 Å². The number of aryl methyl sites for hydroxylation is 2. The van der Waals surface area contributed by atoms with Gasteiger partial charge in [0.15, 0.2) is 0 Å². The number of ether oxygens (including phenoxy) is 1. The fourth-order valence-electron chi connectivity index (χ4n) is 11.6. The maximum atomic E-state index is 12.4. The Balaban J connectivity index is 0.000000705.